The molecule has 0 unspecified atom stereocenters. The second kappa shape index (κ2) is 12.0. The van der Waals surface area contributed by atoms with Crippen LogP contribution in [0.1, 0.15) is 84.0 Å². The molecule has 0 aromatic heterocycles. The van der Waals surface area contributed by atoms with Gasteiger partial charge in [-0.15, -0.1) is 0 Å². The van der Waals surface area contributed by atoms with E-state index in [9.17, 15) is 19.5 Å². The van der Waals surface area contributed by atoms with E-state index >= 15 is 0 Å². The molecule has 1 saturated heterocycles. The molecule has 0 aromatic carbocycles. The Hall–Kier alpha value is -1.63. The van der Waals surface area contributed by atoms with Crippen molar-refractivity contribution in [1.82, 2.24) is 10.2 Å². The van der Waals surface area contributed by atoms with Crippen molar-refractivity contribution >= 4 is 17.9 Å². The van der Waals surface area contributed by atoms with Crippen LogP contribution in [-0.2, 0) is 14.3 Å². The molecule has 2 N–H and O–H groups in total. The fraction of sp³-hybridized carbons (Fsp3) is 0.857. The van der Waals surface area contributed by atoms with Crippen molar-refractivity contribution in [3.8, 4) is 0 Å². The highest BCUT2D eigenvalue weighted by Crippen LogP contribution is 2.28. The van der Waals surface area contributed by atoms with Crippen LogP contribution in [0.15, 0.2) is 0 Å². The van der Waals surface area contributed by atoms with Gasteiger partial charge in [-0.1, -0.05) is 38.5 Å². The maximum atomic E-state index is 12.1. The summed E-state index contributed by atoms with van der Waals surface area (Å²) >= 11 is 0. The SMILES string of the molecule is CCOC(=O)CCCCCC[C@H]1C(=O)NC(=O)N1CC[C@H](O)C1CCCCC1. The summed E-state index contributed by atoms with van der Waals surface area (Å²) in [5, 5.41) is 12.9. The number of unbranched alkanes of at least 4 members (excludes halogenated alkanes) is 3. The zero-order valence-corrected chi connectivity index (χ0v) is 17.2. The number of hydrogen-bond acceptors (Lipinski definition) is 5. The first-order valence-electron chi connectivity index (χ1n) is 11.0. The monoisotopic (exact) mass is 396 g/mol. The van der Waals surface area contributed by atoms with Gasteiger partial charge in [0, 0.05) is 13.0 Å². The van der Waals surface area contributed by atoms with Gasteiger partial charge in [-0.05, 0) is 44.9 Å². The number of aliphatic hydroxyl groups is 1. The molecule has 28 heavy (non-hydrogen) atoms. The van der Waals surface area contributed by atoms with Crippen LogP contribution in [0.3, 0.4) is 0 Å². The van der Waals surface area contributed by atoms with Crippen molar-refractivity contribution in [2.75, 3.05) is 13.2 Å². The van der Waals surface area contributed by atoms with E-state index in [1.807, 2.05) is 0 Å². The van der Waals surface area contributed by atoms with Gasteiger partial charge in [-0.2, -0.15) is 0 Å². The third kappa shape index (κ3) is 7.08. The summed E-state index contributed by atoms with van der Waals surface area (Å²) in [5.74, 6) is -0.0670. The van der Waals surface area contributed by atoms with Gasteiger partial charge in [0.1, 0.15) is 6.04 Å². The van der Waals surface area contributed by atoms with Crippen LogP contribution < -0.4 is 5.32 Å². The van der Waals surface area contributed by atoms with E-state index in [1.165, 1.54) is 19.3 Å². The second-order valence-corrected chi connectivity index (χ2v) is 8.02. The maximum absolute atomic E-state index is 12.1. The van der Waals surface area contributed by atoms with Crippen LogP contribution in [0.4, 0.5) is 4.79 Å². The molecule has 2 rings (SSSR count). The third-order valence-corrected chi connectivity index (χ3v) is 5.94. The van der Waals surface area contributed by atoms with Crippen LogP contribution in [-0.4, -0.2) is 53.2 Å². The minimum Gasteiger partial charge on any atom is -0.466 e. The van der Waals surface area contributed by atoms with Crippen molar-refractivity contribution in [2.45, 2.75) is 96.1 Å². The number of imide groups is 1. The number of esters is 1. The fourth-order valence-corrected chi connectivity index (χ4v) is 4.31. The molecular formula is C21H36N2O5. The van der Waals surface area contributed by atoms with Crippen LogP contribution in [0, 0.1) is 5.92 Å². The summed E-state index contributed by atoms with van der Waals surface area (Å²) in [6.07, 6.45) is 10.3. The van der Waals surface area contributed by atoms with Crippen LogP contribution in [0.25, 0.3) is 0 Å². The smallest absolute Gasteiger partial charge is 0.324 e. The lowest BCUT2D eigenvalue weighted by molar-refractivity contribution is -0.143. The van der Waals surface area contributed by atoms with Gasteiger partial charge in [0.05, 0.1) is 12.7 Å². The first-order chi connectivity index (χ1) is 13.5. The van der Waals surface area contributed by atoms with Gasteiger partial charge < -0.3 is 14.7 Å². The summed E-state index contributed by atoms with van der Waals surface area (Å²) in [4.78, 5) is 37.1. The lowest BCUT2D eigenvalue weighted by Gasteiger charge is -2.29. The zero-order valence-electron chi connectivity index (χ0n) is 17.2. The average Bonchev–Trinajstić information content (AvgIpc) is 2.96. The van der Waals surface area contributed by atoms with Crippen molar-refractivity contribution in [1.29, 1.82) is 0 Å². The number of nitrogens with one attached hydrogen (secondary N) is 1. The van der Waals surface area contributed by atoms with Gasteiger partial charge in [0.2, 0.25) is 0 Å². The number of nitrogens with zero attached hydrogens (tertiary/aromatic N) is 1. The van der Waals surface area contributed by atoms with Crippen molar-refractivity contribution in [2.24, 2.45) is 5.92 Å². The Balaban J connectivity index is 1.68. The van der Waals surface area contributed by atoms with Crippen molar-refractivity contribution < 1.29 is 24.2 Å². The number of ether oxygens (including phenoxy) is 1. The number of hydrogen-bond donors (Lipinski definition) is 2. The largest absolute Gasteiger partial charge is 0.466 e. The Labute approximate surface area is 168 Å². The number of amides is 3. The molecule has 0 bridgehead atoms. The Morgan fingerprint density at radius 1 is 1.18 bits per heavy atom. The van der Waals surface area contributed by atoms with E-state index in [-0.39, 0.29) is 17.9 Å². The Bertz CT molecular complexity index is 519. The molecule has 0 radical (unpaired) electrons. The fourth-order valence-electron chi connectivity index (χ4n) is 4.31. The normalized spacial score (nSPS) is 21.6. The summed E-state index contributed by atoms with van der Waals surface area (Å²) in [5.41, 5.74) is 0. The van der Waals surface area contributed by atoms with Gasteiger partial charge in [0.25, 0.3) is 5.91 Å². The van der Waals surface area contributed by atoms with E-state index in [0.29, 0.717) is 38.3 Å². The molecule has 1 aliphatic heterocycles. The maximum Gasteiger partial charge on any atom is 0.324 e. The Morgan fingerprint density at radius 2 is 1.89 bits per heavy atom. The molecule has 1 heterocycles. The highest BCUT2D eigenvalue weighted by Gasteiger charge is 2.38. The number of rotatable bonds is 12. The molecule has 160 valence electrons. The zero-order chi connectivity index (χ0) is 20.4. The average molecular weight is 397 g/mol. The molecule has 0 aromatic rings. The molecule has 0 spiro atoms. The van der Waals surface area contributed by atoms with E-state index in [4.69, 9.17) is 4.74 Å². The third-order valence-electron chi connectivity index (χ3n) is 5.94. The predicted octanol–water partition coefficient (Wildman–Crippen LogP) is 3.14. The molecule has 7 nitrogen and oxygen atoms in total. The van der Waals surface area contributed by atoms with Crippen LogP contribution in [0.5, 0.6) is 0 Å². The molecule has 2 aliphatic rings. The van der Waals surface area contributed by atoms with E-state index in [1.54, 1.807) is 11.8 Å². The predicted molar refractivity (Wildman–Crippen MR) is 106 cm³/mol. The lowest BCUT2D eigenvalue weighted by Crippen LogP contribution is -2.38. The van der Waals surface area contributed by atoms with Gasteiger partial charge in [0.15, 0.2) is 0 Å². The molecule has 1 aliphatic carbocycles. The van der Waals surface area contributed by atoms with Crippen LogP contribution >= 0.6 is 0 Å². The Kier molecular flexibility index (Phi) is 9.75. The summed E-state index contributed by atoms with van der Waals surface area (Å²) in [6.45, 7) is 2.63. The quantitative estimate of drug-likeness (QED) is 0.300. The highest BCUT2D eigenvalue weighted by atomic mass is 16.5. The molecular weight excluding hydrogens is 360 g/mol. The summed E-state index contributed by atoms with van der Waals surface area (Å²) in [6, 6.07) is -0.774. The number of carbonyl (C=O) groups excluding carboxylic acids is 3. The first kappa shape index (κ1) is 22.7. The minimum atomic E-state index is -0.434. The van der Waals surface area contributed by atoms with Gasteiger partial charge in [-0.3, -0.25) is 14.9 Å². The number of aliphatic hydroxyl groups excluding tert-OH is 1. The molecule has 2 fully saturated rings. The van der Waals surface area contributed by atoms with Gasteiger partial charge >= 0.3 is 12.0 Å². The second-order valence-electron chi connectivity index (χ2n) is 8.02. The first-order valence-corrected chi connectivity index (χ1v) is 11.0. The topological polar surface area (TPSA) is 95.9 Å². The molecule has 2 atom stereocenters. The number of urea groups is 1. The lowest BCUT2D eigenvalue weighted by atomic mass is 9.84. The highest BCUT2D eigenvalue weighted by molar-refractivity contribution is 6.04. The minimum absolute atomic E-state index is 0.161. The molecule has 1 saturated carbocycles. The Morgan fingerprint density at radius 3 is 2.61 bits per heavy atom. The molecule has 7 heteroatoms. The molecule has 3 amide bonds. The standard InChI is InChI=1S/C21H36N2O5/c1-2-28-19(25)13-9-4-3-8-12-17-20(26)22-21(27)23(17)15-14-18(24)16-10-6-5-7-11-16/h16-18,24H,2-15H2,1H3,(H,22,26,27)/t17-,18-/m0/s1. The number of carbonyl (C=O) groups is 3. The van der Waals surface area contributed by atoms with E-state index in [2.05, 4.69) is 5.32 Å². The van der Waals surface area contributed by atoms with Crippen LogP contribution in [0.2, 0.25) is 0 Å². The van der Waals surface area contributed by atoms with Gasteiger partial charge in [-0.25, -0.2) is 4.79 Å². The van der Waals surface area contributed by atoms with Crippen molar-refractivity contribution in [3.63, 3.8) is 0 Å². The summed E-state index contributed by atoms with van der Waals surface area (Å²) in [7, 11) is 0. The van der Waals surface area contributed by atoms with E-state index < -0.39 is 12.1 Å². The van der Waals surface area contributed by atoms with Crippen molar-refractivity contribution in [3.05, 3.63) is 0 Å². The summed E-state index contributed by atoms with van der Waals surface area (Å²) < 4.78 is 4.90. The van der Waals surface area contributed by atoms with E-state index in [0.717, 1.165) is 38.5 Å².